The minimum Gasteiger partial charge on any atom is -0.0651 e. The highest BCUT2D eigenvalue weighted by atomic mass is 14.5. The van der Waals surface area contributed by atoms with Gasteiger partial charge in [-0.25, -0.2) is 0 Å². The van der Waals surface area contributed by atoms with Gasteiger partial charge < -0.3 is 0 Å². The lowest BCUT2D eigenvalue weighted by molar-refractivity contribution is -0.0637. The van der Waals surface area contributed by atoms with Crippen molar-refractivity contribution >= 4 is 0 Å². The Morgan fingerprint density at radius 2 is 1.48 bits per heavy atom. The van der Waals surface area contributed by atoms with Gasteiger partial charge in [-0.3, -0.25) is 0 Å². The molecule has 2 rings (SSSR count). The van der Waals surface area contributed by atoms with Crippen LogP contribution >= 0.6 is 0 Å². The van der Waals surface area contributed by atoms with Crippen LogP contribution in [0.5, 0.6) is 0 Å². The molecule has 0 nitrogen and oxygen atoms in total. The second kappa shape index (κ2) is 6.25. The van der Waals surface area contributed by atoms with Crippen LogP contribution in [-0.4, -0.2) is 0 Å². The van der Waals surface area contributed by atoms with E-state index in [1.165, 1.54) is 25.7 Å². The molecule has 0 N–H and O–H groups in total. The zero-order valence-electron chi connectivity index (χ0n) is 15.9. The van der Waals surface area contributed by atoms with Gasteiger partial charge in [0.05, 0.1) is 0 Å². The van der Waals surface area contributed by atoms with Gasteiger partial charge in [0.15, 0.2) is 0 Å². The molecule has 0 amide bonds. The Morgan fingerprint density at radius 1 is 0.857 bits per heavy atom. The predicted molar refractivity (Wildman–Crippen MR) is 94.2 cm³/mol. The van der Waals surface area contributed by atoms with Crippen molar-refractivity contribution in [2.45, 2.75) is 81.1 Å². The fraction of sp³-hybridized carbons (Fsp3) is 1.00. The van der Waals surface area contributed by atoms with Gasteiger partial charge in [0.1, 0.15) is 0 Å². The van der Waals surface area contributed by atoms with Crippen molar-refractivity contribution in [2.24, 2.45) is 52.8 Å². The molecule has 124 valence electrons. The maximum absolute atomic E-state index is 2.57. The Morgan fingerprint density at radius 3 is 1.95 bits per heavy atom. The minimum atomic E-state index is 0.595. The minimum absolute atomic E-state index is 0.595. The first kappa shape index (κ1) is 17.4. The van der Waals surface area contributed by atoms with E-state index in [4.69, 9.17) is 0 Å². The van der Waals surface area contributed by atoms with E-state index in [0.717, 1.165) is 47.3 Å². The maximum Gasteiger partial charge on any atom is -0.0323 e. The molecule has 2 saturated carbocycles. The molecule has 2 aliphatic carbocycles. The summed E-state index contributed by atoms with van der Waals surface area (Å²) < 4.78 is 0. The van der Waals surface area contributed by atoms with Gasteiger partial charge in [0.2, 0.25) is 0 Å². The Hall–Kier alpha value is 0. The first-order chi connectivity index (χ1) is 9.70. The third-order valence-electron chi connectivity index (χ3n) is 8.39. The average molecular weight is 293 g/mol. The van der Waals surface area contributed by atoms with E-state index in [9.17, 15) is 0 Å². The molecule has 2 fully saturated rings. The third-order valence-corrected chi connectivity index (χ3v) is 8.39. The second-order valence-electron chi connectivity index (χ2n) is 9.51. The highest BCUT2D eigenvalue weighted by molar-refractivity contribution is 4.99. The second-order valence-corrected chi connectivity index (χ2v) is 9.51. The molecule has 0 aliphatic heterocycles. The molecule has 0 aromatic rings. The molecule has 8 atom stereocenters. The van der Waals surface area contributed by atoms with Gasteiger partial charge in [0.25, 0.3) is 0 Å². The molecular weight excluding hydrogens is 252 g/mol. The zero-order chi connectivity index (χ0) is 15.9. The smallest absolute Gasteiger partial charge is 0.0323 e. The van der Waals surface area contributed by atoms with Crippen LogP contribution < -0.4 is 0 Å². The largest absolute Gasteiger partial charge is 0.0651 e. The van der Waals surface area contributed by atoms with Gasteiger partial charge in [-0.2, -0.15) is 0 Å². The molecule has 0 spiro atoms. The van der Waals surface area contributed by atoms with Crippen LogP contribution in [0.4, 0.5) is 0 Å². The predicted octanol–water partition coefficient (Wildman–Crippen LogP) is 6.65. The Labute approximate surface area is 134 Å². The van der Waals surface area contributed by atoms with Crippen molar-refractivity contribution < 1.29 is 0 Å². The third kappa shape index (κ3) is 3.06. The Bertz CT molecular complexity index is 342. The first-order valence-electron chi connectivity index (χ1n) is 9.70. The highest BCUT2D eigenvalue weighted by Gasteiger charge is 2.50. The Kier molecular flexibility index (Phi) is 5.16. The molecule has 0 heterocycles. The molecule has 0 bridgehead atoms. The van der Waals surface area contributed by atoms with E-state index in [1.54, 1.807) is 0 Å². The molecule has 0 aromatic carbocycles. The lowest BCUT2D eigenvalue weighted by Gasteiger charge is -2.55. The van der Waals surface area contributed by atoms with Crippen molar-refractivity contribution in [1.82, 2.24) is 0 Å². The van der Waals surface area contributed by atoms with Crippen LogP contribution in [0.3, 0.4) is 0 Å². The molecule has 21 heavy (non-hydrogen) atoms. The van der Waals surface area contributed by atoms with Gasteiger partial charge in [-0.1, -0.05) is 68.2 Å². The van der Waals surface area contributed by atoms with Crippen LogP contribution in [-0.2, 0) is 0 Å². The fourth-order valence-electron chi connectivity index (χ4n) is 5.81. The SMILES string of the molecule is CCC(C1CCC(C)C(C)C(C)C1C)C1CC(C)(C)C1C. The van der Waals surface area contributed by atoms with E-state index in [-0.39, 0.29) is 0 Å². The van der Waals surface area contributed by atoms with Crippen LogP contribution in [0, 0.1) is 52.8 Å². The van der Waals surface area contributed by atoms with E-state index in [2.05, 4.69) is 55.4 Å². The lowest BCUT2D eigenvalue weighted by Crippen LogP contribution is -2.48. The normalized spacial score (nSPS) is 48.3. The molecule has 0 heteroatoms. The standard InChI is InChI=1S/C21H40/c1-9-18(20-12-21(7,8)17(20)6)19-11-10-13(2)14(3)15(4)16(19)5/h13-20H,9-12H2,1-8H3. The molecule has 0 radical (unpaired) electrons. The first-order valence-corrected chi connectivity index (χ1v) is 9.70. The molecular formula is C21H40. The summed E-state index contributed by atoms with van der Waals surface area (Å²) in [6, 6.07) is 0. The average Bonchev–Trinajstić information content (AvgIpc) is 2.54. The molecule has 0 aromatic heterocycles. The monoisotopic (exact) mass is 292 g/mol. The van der Waals surface area contributed by atoms with E-state index in [0.29, 0.717) is 5.41 Å². The van der Waals surface area contributed by atoms with Gasteiger partial charge in [-0.15, -0.1) is 0 Å². The van der Waals surface area contributed by atoms with Gasteiger partial charge in [-0.05, 0) is 65.6 Å². The molecule has 2 aliphatic rings. The van der Waals surface area contributed by atoms with Gasteiger partial charge >= 0.3 is 0 Å². The zero-order valence-corrected chi connectivity index (χ0v) is 15.9. The fourth-order valence-corrected chi connectivity index (χ4v) is 5.81. The summed E-state index contributed by atoms with van der Waals surface area (Å²) in [6.07, 6.45) is 5.81. The van der Waals surface area contributed by atoms with E-state index >= 15 is 0 Å². The lowest BCUT2D eigenvalue weighted by atomic mass is 9.50. The van der Waals surface area contributed by atoms with Crippen molar-refractivity contribution in [2.75, 3.05) is 0 Å². The summed E-state index contributed by atoms with van der Waals surface area (Å²) in [6.45, 7) is 20.0. The van der Waals surface area contributed by atoms with Crippen LogP contribution in [0.25, 0.3) is 0 Å². The summed E-state index contributed by atoms with van der Waals surface area (Å²) in [5, 5.41) is 0. The number of hydrogen-bond acceptors (Lipinski definition) is 0. The van der Waals surface area contributed by atoms with Crippen molar-refractivity contribution in [3.8, 4) is 0 Å². The van der Waals surface area contributed by atoms with E-state index < -0.39 is 0 Å². The summed E-state index contributed by atoms with van der Waals surface area (Å²) >= 11 is 0. The quantitative estimate of drug-likeness (QED) is 0.511. The molecule has 8 unspecified atom stereocenters. The van der Waals surface area contributed by atoms with E-state index in [1.807, 2.05) is 0 Å². The summed E-state index contributed by atoms with van der Waals surface area (Å²) in [4.78, 5) is 0. The summed E-state index contributed by atoms with van der Waals surface area (Å²) in [5.74, 6) is 7.48. The maximum atomic E-state index is 2.57. The van der Waals surface area contributed by atoms with Gasteiger partial charge in [0, 0.05) is 0 Å². The van der Waals surface area contributed by atoms with Crippen LogP contribution in [0.2, 0.25) is 0 Å². The summed E-state index contributed by atoms with van der Waals surface area (Å²) in [7, 11) is 0. The van der Waals surface area contributed by atoms with Crippen molar-refractivity contribution in [3.63, 3.8) is 0 Å². The van der Waals surface area contributed by atoms with Crippen molar-refractivity contribution in [3.05, 3.63) is 0 Å². The van der Waals surface area contributed by atoms with Crippen LogP contribution in [0.15, 0.2) is 0 Å². The Balaban J connectivity index is 2.14. The number of rotatable bonds is 3. The highest BCUT2D eigenvalue weighted by Crippen LogP contribution is 2.57. The molecule has 0 saturated heterocycles. The summed E-state index contributed by atoms with van der Waals surface area (Å²) in [5.41, 5.74) is 0.595. The van der Waals surface area contributed by atoms with Crippen LogP contribution in [0.1, 0.15) is 81.1 Å². The number of hydrogen-bond donors (Lipinski definition) is 0. The van der Waals surface area contributed by atoms with Crippen molar-refractivity contribution in [1.29, 1.82) is 0 Å². The topological polar surface area (TPSA) is 0 Å².